The summed E-state index contributed by atoms with van der Waals surface area (Å²) in [6.45, 7) is 2.65. The largest absolute Gasteiger partial charge is 0.397 e. The van der Waals surface area contributed by atoms with Crippen molar-refractivity contribution < 1.29 is 4.79 Å². The van der Waals surface area contributed by atoms with Gasteiger partial charge in [0.1, 0.15) is 5.69 Å². The van der Waals surface area contributed by atoms with Gasteiger partial charge in [0.2, 0.25) is 0 Å². The Hall–Kier alpha value is -1.34. The molecule has 0 aliphatic rings. The van der Waals surface area contributed by atoms with Crippen LogP contribution in [0.25, 0.3) is 0 Å². The van der Waals surface area contributed by atoms with E-state index in [-0.39, 0.29) is 5.91 Å². The standard InChI is InChI=1S/C10H11BrN4OS/c1-2-15-5-6(12)3-7(15)9(16)14-10-13-4-8(11)17-10/h3-5H,2,12H2,1H3,(H,13,14,16). The number of carbonyl (C=O) groups is 1. The average molecular weight is 315 g/mol. The van der Waals surface area contributed by atoms with Gasteiger partial charge >= 0.3 is 0 Å². The summed E-state index contributed by atoms with van der Waals surface area (Å²) in [7, 11) is 0. The third kappa shape index (κ3) is 2.67. The predicted octanol–water partition coefficient (Wildman–Crippen LogP) is 2.56. The van der Waals surface area contributed by atoms with Crippen molar-refractivity contribution in [3.63, 3.8) is 0 Å². The number of nitrogens with one attached hydrogen (secondary N) is 1. The van der Waals surface area contributed by atoms with Gasteiger partial charge in [0.05, 0.1) is 15.7 Å². The highest BCUT2D eigenvalue weighted by molar-refractivity contribution is 9.11. The van der Waals surface area contributed by atoms with Crippen LogP contribution in [0.2, 0.25) is 0 Å². The topological polar surface area (TPSA) is 72.9 Å². The van der Waals surface area contributed by atoms with Crippen molar-refractivity contribution >= 4 is 44.0 Å². The molecule has 1 amide bonds. The average Bonchev–Trinajstić information content (AvgIpc) is 2.84. The van der Waals surface area contributed by atoms with Crippen molar-refractivity contribution in [1.29, 1.82) is 0 Å². The molecule has 0 aliphatic carbocycles. The summed E-state index contributed by atoms with van der Waals surface area (Å²) >= 11 is 4.65. The number of carbonyl (C=O) groups excluding carboxylic acids is 1. The molecule has 0 aliphatic heterocycles. The molecule has 0 fully saturated rings. The number of hydrogen-bond acceptors (Lipinski definition) is 4. The van der Waals surface area contributed by atoms with Crippen LogP contribution in [0.5, 0.6) is 0 Å². The zero-order chi connectivity index (χ0) is 12.4. The number of amides is 1. The first kappa shape index (κ1) is 12.1. The van der Waals surface area contributed by atoms with Gasteiger partial charge in [-0.05, 0) is 28.9 Å². The van der Waals surface area contributed by atoms with Crippen LogP contribution in [-0.4, -0.2) is 15.5 Å². The molecule has 0 saturated carbocycles. The summed E-state index contributed by atoms with van der Waals surface area (Å²) < 4.78 is 2.67. The minimum atomic E-state index is -0.203. The molecule has 5 nitrogen and oxygen atoms in total. The molecule has 2 aromatic rings. The summed E-state index contributed by atoms with van der Waals surface area (Å²) in [5.74, 6) is -0.203. The van der Waals surface area contributed by atoms with Crippen molar-refractivity contribution in [1.82, 2.24) is 9.55 Å². The molecule has 7 heteroatoms. The minimum absolute atomic E-state index is 0.203. The number of aryl methyl sites for hydroxylation is 1. The van der Waals surface area contributed by atoms with Gasteiger partial charge in [0, 0.05) is 12.7 Å². The van der Waals surface area contributed by atoms with Crippen molar-refractivity contribution in [2.24, 2.45) is 0 Å². The lowest BCUT2D eigenvalue weighted by molar-refractivity contribution is 0.101. The third-order valence-corrected chi connectivity index (χ3v) is 3.58. The fraction of sp³-hybridized carbons (Fsp3) is 0.200. The van der Waals surface area contributed by atoms with E-state index in [9.17, 15) is 4.79 Å². The van der Waals surface area contributed by atoms with E-state index in [2.05, 4.69) is 26.2 Å². The highest BCUT2D eigenvalue weighted by Crippen LogP contribution is 2.23. The molecule has 0 radical (unpaired) electrons. The first-order valence-electron chi connectivity index (χ1n) is 4.98. The molecule has 0 unspecified atom stereocenters. The predicted molar refractivity (Wildman–Crippen MR) is 72.3 cm³/mol. The number of nitrogens with two attached hydrogens (primary N) is 1. The molecular weight excluding hydrogens is 304 g/mol. The lowest BCUT2D eigenvalue weighted by Gasteiger charge is -2.04. The number of anilines is 2. The molecule has 2 rings (SSSR count). The van der Waals surface area contributed by atoms with E-state index in [0.29, 0.717) is 23.1 Å². The van der Waals surface area contributed by atoms with Gasteiger partial charge in [-0.25, -0.2) is 4.98 Å². The summed E-state index contributed by atoms with van der Waals surface area (Å²) in [6, 6.07) is 1.65. The maximum atomic E-state index is 12.0. The van der Waals surface area contributed by atoms with E-state index in [0.717, 1.165) is 3.79 Å². The molecule has 2 aromatic heterocycles. The molecule has 17 heavy (non-hydrogen) atoms. The maximum Gasteiger partial charge on any atom is 0.274 e. The van der Waals surface area contributed by atoms with Crippen LogP contribution < -0.4 is 11.1 Å². The summed E-state index contributed by atoms with van der Waals surface area (Å²) in [5.41, 5.74) is 6.79. The van der Waals surface area contributed by atoms with Crippen LogP contribution in [0.1, 0.15) is 17.4 Å². The normalized spacial score (nSPS) is 10.5. The SMILES string of the molecule is CCn1cc(N)cc1C(=O)Nc1ncc(Br)s1. The Morgan fingerprint density at radius 1 is 1.71 bits per heavy atom. The molecule has 0 aromatic carbocycles. The quantitative estimate of drug-likeness (QED) is 0.914. The van der Waals surface area contributed by atoms with E-state index in [4.69, 9.17) is 5.73 Å². The lowest BCUT2D eigenvalue weighted by atomic mass is 10.4. The zero-order valence-corrected chi connectivity index (χ0v) is 11.5. The Kier molecular flexibility index (Phi) is 3.49. The number of thiazole rings is 1. The molecule has 0 saturated heterocycles. The van der Waals surface area contributed by atoms with Crippen molar-refractivity contribution in [3.8, 4) is 0 Å². The Morgan fingerprint density at radius 2 is 2.47 bits per heavy atom. The smallest absolute Gasteiger partial charge is 0.274 e. The van der Waals surface area contributed by atoms with Crippen LogP contribution in [0, 0.1) is 0 Å². The first-order valence-corrected chi connectivity index (χ1v) is 6.59. The molecule has 3 N–H and O–H groups in total. The molecule has 2 heterocycles. The second-order valence-electron chi connectivity index (χ2n) is 3.37. The van der Waals surface area contributed by atoms with Crippen LogP contribution in [-0.2, 0) is 6.54 Å². The minimum Gasteiger partial charge on any atom is -0.397 e. The number of halogens is 1. The highest BCUT2D eigenvalue weighted by Gasteiger charge is 2.13. The Balaban J connectivity index is 2.19. The number of nitrogens with zero attached hydrogens (tertiary/aromatic N) is 2. The number of hydrogen-bond donors (Lipinski definition) is 2. The van der Waals surface area contributed by atoms with E-state index >= 15 is 0 Å². The van der Waals surface area contributed by atoms with Gasteiger partial charge in [-0.2, -0.15) is 0 Å². The van der Waals surface area contributed by atoms with E-state index in [1.165, 1.54) is 11.3 Å². The van der Waals surface area contributed by atoms with E-state index in [1.807, 2.05) is 6.92 Å². The van der Waals surface area contributed by atoms with Crippen LogP contribution >= 0.6 is 27.3 Å². The fourth-order valence-electron chi connectivity index (χ4n) is 1.46. The first-order chi connectivity index (χ1) is 8.10. The Labute approximate surface area is 111 Å². The number of rotatable bonds is 3. The molecule has 0 bridgehead atoms. The van der Waals surface area contributed by atoms with Gasteiger partial charge in [-0.3, -0.25) is 10.1 Å². The second kappa shape index (κ2) is 4.89. The van der Waals surface area contributed by atoms with Crippen molar-refractivity contribution in [3.05, 3.63) is 27.9 Å². The number of aromatic nitrogens is 2. The van der Waals surface area contributed by atoms with Gasteiger partial charge in [0.25, 0.3) is 5.91 Å². The molecule has 0 spiro atoms. The second-order valence-corrected chi connectivity index (χ2v) is 5.78. The van der Waals surface area contributed by atoms with Gasteiger partial charge < -0.3 is 10.3 Å². The van der Waals surface area contributed by atoms with Crippen molar-refractivity contribution in [2.45, 2.75) is 13.5 Å². The monoisotopic (exact) mass is 314 g/mol. The van der Waals surface area contributed by atoms with E-state index < -0.39 is 0 Å². The Morgan fingerprint density at radius 3 is 3.06 bits per heavy atom. The van der Waals surface area contributed by atoms with Gasteiger partial charge in [-0.1, -0.05) is 11.3 Å². The Bertz CT molecular complexity index is 548. The summed E-state index contributed by atoms with van der Waals surface area (Å²) in [4.78, 5) is 16.0. The number of nitrogen functional groups attached to an aromatic ring is 1. The third-order valence-electron chi connectivity index (χ3n) is 2.19. The molecular formula is C10H11BrN4OS. The van der Waals surface area contributed by atoms with Crippen LogP contribution in [0.3, 0.4) is 0 Å². The van der Waals surface area contributed by atoms with E-state index in [1.54, 1.807) is 23.0 Å². The van der Waals surface area contributed by atoms with Gasteiger partial charge in [0.15, 0.2) is 5.13 Å². The zero-order valence-electron chi connectivity index (χ0n) is 9.11. The van der Waals surface area contributed by atoms with Gasteiger partial charge in [-0.15, -0.1) is 0 Å². The van der Waals surface area contributed by atoms with Crippen LogP contribution in [0.15, 0.2) is 22.2 Å². The maximum absolute atomic E-state index is 12.0. The van der Waals surface area contributed by atoms with Crippen molar-refractivity contribution in [2.75, 3.05) is 11.1 Å². The molecule has 0 atom stereocenters. The summed E-state index contributed by atoms with van der Waals surface area (Å²) in [6.07, 6.45) is 3.39. The summed E-state index contributed by atoms with van der Waals surface area (Å²) in [5, 5.41) is 3.29. The highest BCUT2D eigenvalue weighted by atomic mass is 79.9. The molecule has 90 valence electrons. The fourth-order valence-corrected chi connectivity index (χ4v) is 2.56. The lowest BCUT2D eigenvalue weighted by Crippen LogP contribution is -2.16. The van der Waals surface area contributed by atoms with Crippen LogP contribution in [0.4, 0.5) is 10.8 Å².